The molecule has 0 N–H and O–H groups in total. The van der Waals surface area contributed by atoms with Crippen LogP contribution in [0.2, 0.25) is 5.82 Å². The van der Waals surface area contributed by atoms with E-state index in [1.165, 1.54) is 30.7 Å². The van der Waals surface area contributed by atoms with E-state index in [0.717, 1.165) is 5.01 Å². The summed E-state index contributed by atoms with van der Waals surface area (Å²) in [5.74, 6) is 2.31. The van der Waals surface area contributed by atoms with Crippen LogP contribution in [0.1, 0.15) is 0 Å². The number of thiazole rings is 1. The van der Waals surface area contributed by atoms with E-state index >= 15 is 0 Å². The maximum absolute atomic E-state index is 5.44. The topological polar surface area (TPSA) is 12.9 Å². The van der Waals surface area contributed by atoms with Gasteiger partial charge in [0, 0.05) is 0 Å². The molecule has 32 heavy (non-hydrogen) atoms. The van der Waals surface area contributed by atoms with Gasteiger partial charge in [0.1, 0.15) is 0 Å². The Morgan fingerprint density at radius 1 is 0.594 bits per heavy atom. The minimum atomic E-state index is -2.14. The molecular formula is C28H23NPSSe+. The molecule has 5 aromatic rings. The molecule has 1 nitrogen and oxygen atoms in total. The van der Waals surface area contributed by atoms with Crippen molar-refractivity contribution in [2.45, 2.75) is 5.82 Å². The average molecular weight is 516 g/mol. The quantitative estimate of drug-likeness (QED) is 0.234. The molecule has 156 valence electrons. The average Bonchev–Trinajstić information content (AvgIpc) is 3.32. The summed E-state index contributed by atoms with van der Waals surface area (Å²) in [6.07, 6.45) is 0. The van der Waals surface area contributed by atoms with Gasteiger partial charge in [-0.05, 0) is 0 Å². The molecule has 0 aliphatic rings. The number of hydrogen-bond donors (Lipinski definition) is 0. The van der Waals surface area contributed by atoms with Crippen LogP contribution in [0.25, 0.3) is 10.6 Å². The van der Waals surface area contributed by atoms with E-state index in [1.54, 1.807) is 0 Å². The molecule has 0 radical (unpaired) electrons. The first-order valence-electron chi connectivity index (χ1n) is 10.5. The van der Waals surface area contributed by atoms with E-state index in [1.807, 2.05) is 11.3 Å². The Bertz CT molecular complexity index is 1190. The van der Waals surface area contributed by atoms with Crippen molar-refractivity contribution in [2.75, 3.05) is 0 Å². The number of rotatable bonds is 6. The minimum absolute atomic E-state index is 0.337. The predicted molar refractivity (Wildman–Crippen MR) is 144 cm³/mol. The zero-order chi connectivity index (χ0) is 21.8. The van der Waals surface area contributed by atoms with Crippen molar-refractivity contribution in [3.05, 3.63) is 121 Å². The third kappa shape index (κ3) is 3.76. The van der Waals surface area contributed by atoms with Crippen molar-refractivity contribution in [3.63, 3.8) is 0 Å². The zero-order valence-electron chi connectivity index (χ0n) is 17.8. The Morgan fingerprint density at radius 3 is 1.41 bits per heavy atom. The Labute approximate surface area is 200 Å². The van der Waals surface area contributed by atoms with Gasteiger partial charge in [0.2, 0.25) is 0 Å². The van der Waals surface area contributed by atoms with Gasteiger partial charge in [0.05, 0.1) is 0 Å². The molecule has 0 aliphatic heterocycles. The third-order valence-electron chi connectivity index (χ3n) is 5.53. The molecule has 0 spiro atoms. The SMILES string of the molecule is C[Se]c1sc(-c2ccccc2)nc1[P+](c1ccccc1)(c1ccccc1)c1ccccc1. The normalized spacial score (nSPS) is 11.4. The zero-order valence-corrected chi connectivity index (χ0v) is 21.2. The summed E-state index contributed by atoms with van der Waals surface area (Å²) in [5, 5.41) is 5.18. The van der Waals surface area contributed by atoms with Gasteiger partial charge in [0.15, 0.2) is 0 Å². The molecule has 5 rings (SSSR count). The third-order valence-corrected chi connectivity index (χ3v) is 13.7. The van der Waals surface area contributed by atoms with Gasteiger partial charge in [-0.1, -0.05) is 0 Å². The molecule has 0 atom stereocenters. The van der Waals surface area contributed by atoms with Gasteiger partial charge >= 0.3 is 201 Å². The molecular weight excluding hydrogens is 492 g/mol. The first kappa shape index (κ1) is 21.3. The molecule has 0 saturated carbocycles. The van der Waals surface area contributed by atoms with Crippen molar-refractivity contribution in [1.82, 2.24) is 4.98 Å². The second kappa shape index (κ2) is 9.53. The van der Waals surface area contributed by atoms with E-state index in [2.05, 4.69) is 127 Å². The molecule has 0 saturated heterocycles. The Morgan fingerprint density at radius 2 is 1.00 bits per heavy atom. The second-order valence-electron chi connectivity index (χ2n) is 7.38. The van der Waals surface area contributed by atoms with Gasteiger partial charge in [0.25, 0.3) is 0 Å². The van der Waals surface area contributed by atoms with Crippen LogP contribution in [0.3, 0.4) is 0 Å². The van der Waals surface area contributed by atoms with Crippen LogP contribution in [0.5, 0.6) is 0 Å². The first-order chi connectivity index (χ1) is 15.8. The summed E-state index contributed by atoms with van der Waals surface area (Å²) < 4.78 is 1.43. The maximum atomic E-state index is 5.44. The van der Waals surface area contributed by atoms with E-state index in [-0.39, 0.29) is 0 Å². The summed E-state index contributed by atoms with van der Waals surface area (Å²) in [4.78, 5) is 5.44. The fourth-order valence-electron chi connectivity index (χ4n) is 4.12. The van der Waals surface area contributed by atoms with Crippen LogP contribution in [0.15, 0.2) is 121 Å². The van der Waals surface area contributed by atoms with Crippen LogP contribution in [0.4, 0.5) is 0 Å². The monoisotopic (exact) mass is 516 g/mol. The first-order valence-corrected chi connectivity index (χ1v) is 15.7. The summed E-state index contributed by atoms with van der Waals surface area (Å²) in [6.45, 7) is 0. The molecule has 4 aromatic carbocycles. The fraction of sp³-hybridized carbons (Fsp3) is 0.0357. The van der Waals surface area contributed by atoms with E-state index in [9.17, 15) is 0 Å². The van der Waals surface area contributed by atoms with Gasteiger partial charge < -0.3 is 0 Å². The van der Waals surface area contributed by atoms with Crippen molar-refractivity contribution in [1.29, 1.82) is 0 Å². The van der Waals surface area contributed by atoms with Crippen molar-refractivity contribution < 1.29 is 0 Å². The Hall–Kier alpha value is -2.54. The molecule has 0 fully saturated rings. The molecule has 0 unspecified atom stereocenters. The van der Waals surface area contributed by atoms with Crippen molar-refractivity contribution in [2.24, 2.45) is 0 Å². The Balaban J connectivity index is 1.89. The Kier molecular flexibility index (Phi) is 6.35. The van der Waals surface area contributed by atoms with Crippen LogP contribution < -0.4 is 25.1 Å². The van der Waals surface area contributed by atoms with Crippen LogP contribution in [0, 0.1) is 0 Å². The summed E-state index contributed by atoms with van der Waals surface area (Å²) in [6, 6.07) is 43.7. The van der Waals surface area contributed by atoms with E-state index in [0.29, 0.717) is 15.0 Å². The molecule has 1 aromatic heterocycles. The van der Waals surface area contributed by atoms with Crippen molar-refractivity contribution >= 4 is 58.7 Å². The van der Waals surface area contributed by atoms with Gasteiger partial charge in [-0.3, -0.25) is 0 Å². The number of nitrogens with zero attached hydrogens (tertiary/aromatic N) is 1. The molecule has 0 amide bonds. The van der Waals surface area contributed by atoms with Gasteiger partial charge in [-0.15, -0.1) is 0 Å². The number of hydrogen-bond acceptors (Lipinski definition) is 2. The summed E-state index contributed by atoms with van der Waals surface area (Å²) in [5.41, 5.74) is 2.47. The van der Waals surface area contributed by atoms with E-state index in [4.69, 9.17) is 4.98 Å². The summed E-state index contributed by atoms with van der Waals surface area (Å²) >= 11 is 2.20. The number of aromatic nitrogens is 1. The fourth-order valence-corrected chi connectivity index (χ4v) is 12.4. The van der Waals surface area contributed by atoms with E-state index < -0.39 is 7.26 Å². The van der Waals surface area contributed by atoms with Gasteiger partial charge in [-0.25, -0.2) is 0 Å². The van der Waals surface area contributed by atoms with Crippen molar-refractivity contribution in [3.8, 4) is 10.6 Å². The number of benzene rings is 4. The standard InChI is InChI=1S/C28H23NPSSe/c1-32-28-26(29-27(31-28)22-14-6-2-7-15-22)30(23-16-8-3-9-17-23,24-18-10-4-11-19-24)25-20-12-5-13-21-25/h2-21H,1H3/q+1. The van der Waals surface area contributed by atoms with Crippen LogP contribution >= 0.6 is 18.6 Å². The second-order valence-corrected chi connectivity index (χ2v) is 14.0. The van der Waals surface area contributed by atoms with Crippen LogP contribution in [-0.2, 0) is 0 Å². The molecule has 4 heteroatoms. The van der Waals surface area contributed by atoms with Crippen LogP contribution in [-0.4, -0.2) is 19.9 Å². The molecule has 0 aliphatic carbocycles. The molecule has 0 bridgehead atoms. The molecule has 1 heterocycles. The summed E-state index contributed by atoms with van der Waals surface area (Å²) in [7, 11) is -2.14. The predicted octanol–water partition coefficient (Wildman–Crippen LogP) is 4.81. The van der Waals surface area contributed by atoms with Gasteiger partial charge in [-0.2, -0.15) is 0 Å².